The third-order valence-corrected chi connectivity index (χ3v) is 4.30. The van der Waals surface area contributed by atoms with Crippen LogP contribution in [-0.4, -0.2) is 27.3 Å². The fraction of sp³-hybridized carbons (Fsp3) is 0.286. The highest BCUT2D eigenvalue weighted by atomic mass is 16.5. The second-order valence-corrected chi connectivity index (χ2v) is 6.68. The quantitative estimate of drug-likeness (QED) is 0.698. The SMILES string of the molecule is Cc1ccc(C(C)C)cc1OCC(=O)NCc1cccnc1-n1cccn1. The fourth-order valence-corrected chi connectivity index (χ4v) is 2.69. The van der Waals surface area contributed by atoms with Gasteiger partial charge in [0.1, 0.15) is 5.75 Å². The van der Waals surface area contributed by atoms with E-state index in [2.05, 4.69) is 35.3 Å². The smallest absolute Gasteiger partial charge is 0.258 e. The van der Waals surface area contributed by atoms with Crippen LogP contribution in [-0.2, 0) is 11.3 Å². The summed E-state index contributed by atoms with van der Waals surface area (Å²) in [5.41, 5.74) is 3.09. The van der Waals surface area contributed by atoms with Gasteiger partial charge in [-0.1, -0.05) is 32.0 Å². The van der Waals surface area contributed by atoms with E-state index in [0.717, 1.165) is 16.9 Å². The molecule has 3 aromatic rings. The summed E-state index contributed by atoms with van der Waals surface area (Å²) in [6.07, 6.45) is 5.22. The predicted octanol–water partition coefficient (Wildman–Crippen LogP) is 3.39. The first kappa shape index (κ1) is 18.6. The first-order valence-corrected chi connectivity index (χ1v) is 8.98. The van der Waals surface area contributed by atoms with Gasteiger partial charge in [-0.25, -0.2) is 9.67 Å². The van der Waals surface area contributed by atoms with Gasteiger partial charge in [0.05, 0.1) is 0 Å². The summed E-state index contributed by atoms with van der Waals surface area (Å²) in [7, 11) is 0. The van der Waals surface area contributed by atoms with E-state index in [1.807, 2.05) is 43.5 Å². The number of hydrogen-bond acceptors (Lipinski definition) is 4. The number of benzene rings is 1. The van der Waals surface area contributed by atoms with E-state index < -0.39 is 0 Å². The molecule has 2 aromatic heterocycles. The standard InChI is InChI=1S/C21H24N4O2/c1-15(2)17-8-7-16(3)19(12-17)27-14-20(26)23-13-18-6-4-9-22-21(18)25-11-5-10-24-25/h4-12,15H,13-14H2,1-3H3,(H,23,26). The minimum Gasteiger partial charge on any atom is -0.483 e. The zero-order chi connectivity index (χ0) is 19.2. The molecule has 0 saturated heterocycles. The molecule has 0 radical (unpaired) electrons. The van der Waals surface area contributed by atoms with Crippen molar-refractivity contribution in [3.63, 3.8) is 0 Å². The molecule has 0 atom stereocenters. The van der Waals surface area contributed by atoms with Crippen molar-refractivity contribution in [1.29, 1.82) is 0 Å². The van der Waals surface area contributed by atoms with Gasteiger partial charge in [0.2, 0.25) is 0 Å². The van der Waals surface area contributed by atoms with Crippen molar-refractivity contribution in [2.45, 2.75) is 33.2 Å². The first-order chi connectivity index (χ1) is 13.0. The van der Waals surface area contributed by atoms with Crippen molar-refractivity contribution in [2.24, 2.45) is 0 Å². The zero-order valence-corrected chi connectivity index (χ0v) is 15.8. The van der Waals surface area contributed by atoms with Crippen molar-refractivity contribution in [3.8, 4) is 11.6 Å². The average Bonchev–Trinajstić information content (AvgIpc) is 3.20. The van der Waals surface area contributed by atoms with Gasteiger partial charge in [-0.2, -0.15) is 5.10 Å². The highest BCUT2D eigenvalue weighted by Gasteiger charge is 2.10. The predicted molar refractivity (Wildman–Crippen MR) is 104 cm³/mol. The normalized spacial score (nSPS) is 10.8. The van der Waals surface area contributed by atoms with Gasteiger partial charge in [-0.15, -0.1) is 0 Å². The van der Waals surface area contributed by atoms with Crippen LogP contribution in [0.3, 0.4) is 0 Å². The van der Waals surface area contributed by atoms with E-state index >= 15 is 0 Å². The summed E-state index contributed by atoms with van der Waals surface area (Å²) in [5.74, 6) is 1.67. The maximum atomic E-state index is 12.2. The van der Waals surface area contributed by atoms with E-state index in [-0.39, 0.29) is 12.5 Å². The number of nitrogens with one attached hydrogen (secondary N) is 1. The van der Waals surface area contributed by atoms with E-state index in [1.165, 1.54) is 5.56 Å². The van der Waals surface area contributed by atoms with Gasteiger partial charge < -0.3 is 10.1 Å². The van der Waals surface area contributed by atoms with Gasteiger partial charge in [0.15, 0.2) is 12.4 Å². The lowest BCUT2D eigenvalue weighted by Crippen LogP contribution is -2.29. The minimum absolute atomic E-state index is 0.0280. The van der Waals surface area contributed by atoms with Crippen molar-refractivity contribution < 1.29 is 9.53 Å². The molecule has 0 aliphatic carbocycles. The zero-order valence-electron chi connectivity index (χ0n) is 15.8. The van der Waals surface area contributed by atoms with Crippen molar-refractivity contribution in [2.75, 3.05) is 6.61 Å². The fourth-order valence-electron chi connectivity index (χ4n) is 2.69. The minimum atomic E-state index is -0.181. The Labute approximate surface area is 159 Å². The summed E-state index contributed by atoms with van der Waals surface area (Å²) in [6, 6.07) is 11.7. The summed E-state index contributed by atoms with van der Waals surface area (Å²) in [4.78, 5) is 16.6. The Morgan fingerprint density at radius 3 is 2.81 bits per heavy atom. The maximum absolute atomic E-state index is 12.2. The monoisotopic (exact) mass is 364 g/mol. The van der Waals surface area contributed by atoms with Gasteiger partial charge in [0, 0.05) is 30.7 Å². The summed E-state index contributed by atoms with van der Waals surface area (Å²) >= 11 is 0. The Kier molecular flexibility index (Phi) is 5.86. The highest BCUT2D eigenvalue weighted by molar-refractivity contribution is 5.77. The molecule has 0 fully saturated rings. The Bertz CT molecular complexity index is 904. The Balaban J connectivity index is 1.59. The van der Waals surface area contributed by atoms with Crippen molar-refractivity contribution in [1.82, 2.24) is 20.1 Å². The average molecular weight is 364 g/mol. The number of carbonyl (C=O) groups is 1. The Morgan fingerprint density at radius 1 is 1.22 bits per heavy atom. The van der Waals surface area contributed by atoms with Gasteiger partial charge >= 0.3 is 0 Å². The number of amides is 1. The number of aromatic nitrogens is 3. The molecule has 0 bridgehead atoms. The highest BCUT2D eigenvalue weighted by Crippen LogP contribution is 2.24. The van der Waals surface area contributed by atoms with Crippen LogP contribution in [0.15, 0.2) is 55.0 Å². The number of ether oxygens (including phenoxy) is 1. The molecular weight excluding hydrogens is 340 g/mol. The van der Waals surface area contributed by atoms with E-state index in [0.29, 0.717) is 18.3 Å². The van der Waals surface area contributed by atoms with E-state index in [4.69, 9.17) is 4.74 Å². The molecule has 1 aromatic carbocycles. The number of carbonyl (C=O) groups excluding carboxylic acids is 1. The van der Waals surface area contributed by atoms with Gasteiger partial charge in [-0.05, 0) is 42.2 Å². The van der Waals surface area contributed by atoms with Crippen LogP contribution in [0, 0.1) is 6.92 Å². The summed E-state index contributed by atoms with van der Waals surface area (Å²) < 4.78 is 7.41. The Hall–Kier alpha value is -3.15. The van der Waals surface area contributed by atoms with Crippen molar-refractivity contribution >= 4 is 5.91 Å². The third kappa shape index (κ3) is 4.73. The van der Waals surface area contributed by atoms with E-state index in [9.17, 15) is 4.79 Å². The number of rotatable bonds is 7. The number of pyridine rings is 1. The summed E-state index contributed by atoms with van der Waals surface area (Å²) in [5, 5.41) is 7.08. The van der Waals surface area contributed by atoms with E-state index in [1.54, 1.807) is 17.1 Å². The molecule has 1 N–H and O–H groups in total. The van der Waals surface area contributed by atoms with Crippen LogP contribution < -0.4 is 10.1 Å². The lowest BCUT2D eigenvalue weighted by molar-refractivity contribution is -0.123. The second kappa shape index (κ2) is 8.49. The molecule has 0 aliphatic heterocycles. The molecule has 2 heterocycles. The van der Waals surface area contributed by atoms with Gasteiger partial charge in [0.25, 0.3) is 5.91 Å². The molecule has 0 spiro atoms. The molecule has 0 saturated carbocycles. The van der Waals surface area contributed by atoms with Crippen LogP contribution in [0.1, 0.15) is 36.5 Å². The second-order valence-electron chi connectivity index (χ2n) is 6.68. The Morgan fingerprint density at radius 2 is 2.07 bits per heavy atom. The molecule has 1 amide bonds. The molecule has 3 rings (SSSR count). The topological polar surface area (TPSA) is 69.0 Å². The van der Waals surface area contributed by atoms with Crippen LogP contribution in [0.5, 0.6) is 5.75 Å². The lowest BCUT2D eigenvalue weighted by atomic mass is 10.0. The molecule has 140 valence electrons. The molecular formula is C21H24N4O2. The molecule has 27 heavy (non-hydrogen) atoms. The third-order valence-electron chi connectivity index (χ3n) is 4.30. The summed E-state index contributed by atoms with van der Waals surface area (Å²) in [6.45, 7) is 6.57. The first-order valence-electron chi connectivity index (χ1n) is 8.98. The number of hydrogen-bond donors (Lipinski definition) is 1. The molecule has 6 heteroatoms. The lowest BCUT2D eigenvalue weighted by Gasteiger charge is -2.13. The number of nitrogens with zero attached hydrogens (tertiary/aromatic N) is 3. The van der Waals surface area contributed by atoms with Crippen LogP contribution in [0.4, 0.5) is 0 Å². The maximum Gasteiger partial charge on any atom is 0.258 e. The van der Waals surface area contributed by atoms with Crippen molar-refractivity contribution in [3.05, 3.63) is 71.7 Å². The van der Waals surface area contributed by atoms with Crippen LogP contribution >= 0.6 is 0 Å². The molecule has 6 nitrogen and oxygen atoms in total. The van der Waals surface area contributed by atoms with Crippen LogP contribution in [0.2, 0.25) is 0 Å². The molecule has 0 unspecified atom stereocenters. The largest absolute Gasteiger partial charge is 0.483 e. The van der Waals surface area contributed by atoms with Crippen LogP contribution in [0.25, 0.3) is 5.82 Å². The number of aryl methyl sites for hydroxylation is 1. The molecule has 0 aliphatic rings. The van der Waals surface area contributed by atoms with Gasteiger partial charge in [-0.3, -0.25) is 4.79 Å².